The Morgan fingerprint density at radius 3 is 2.52 bits per heavy atom. The molecule has 0 saturated carbocycles. The Labute approximate surface area is 143 Å². The van der Waals surface area contributed by atoms with Crippen LogP contribution in [0.2, 0.25) is 0 Å². The van der Waals surface area contributed by atoms with Crippen LogP contribution in [0.5, 0.6) is 0 Å². The van der Waals surface area contributed by atoms with Gasteiger partial charge in [0, 0.05) is 25.3 Å². The van der Waals surface area contributed by atoms with E-state index in [0.717, 1.165) is 12.1 Å². The fourth-order valence-corrected chi connectivity index (χ4v) is 4.31. The molecule has 3 rings (SSSR count). The van der Waals surface area contributed by atoms with Gasteiger partial charge < -0.3 is 4.90 Å². The van der Waals surface area contributed by atoms with E-state index in [4.69, 9.17) is 0 Å². The molecule has 2 aromatic rings. The molecule has 1 atom stereocenters. The maximum Gasteiger partial charge on any atom is 0.417 e. The maximum absolute atomic E-state index is 13.1. The lowest BCUT2D eigenvalue weighted by Crippen LogP contribution is -2.38. The predicted octanol–water partition coefficient (Wildman–Crippen LogP) is 2.66. The van der Waals surface area contributed by atoms with Crippen molar-refractivity contribution in [1.82, 2.24) is 9.71 Å². The van der Waals surface area contributed by atoms with Gasteiger partial charge >= 0.3 is 6.18 Å². The molecule has 1 aromatic carbocycles. The summed E-state index contributed by atoms with van der Waals surface area (Å²) in [6.07, 6.45) is -2.61. The van der Waals surface area contributed by atoms with Crippen molar-refractivity contribution in [3.05, 3.63) is 54.2 Å². The first-order chi connectivity index (χ1) is 11.8. The molecule has 9 heteroatoms. The zero-order chi connectivity index (χ0) is 18.1. The van der Waals surface area contributed by atoms with Gasteiger partial charge in [-0.25, -0.2) is 18.1 Å². The molecule has 1 fully saturated rings. The summed E-state index contributed by atoms with van der Waals surface area (Å²) >= 11 is 0. The van der Waals surface area contributed by atoms with Crippen molar-refractivity contribution in [2.75, 3.05) is 18.0 Å². The highest BCUT2D eigenvalue weighted by Crippen LogP contribution is 2.34. The van der Waals surface area contributed by atoms with E-state index in [0.29, 0.717) is 25.3 Å². The topological polar surface area (TPSA) is 62.3 Å². The predicted molar refractivity (Wildman–Crippen MR) is 86.6 cm³/mol. The number of anilines is 1. The number of aromatic nitrogens is 1. The van der Waals surface area contributed by atoms with Crippen LogP contribution in [-0.2, 0) is 16.2 Å². The number of hydrogen-bond donors (Lipinski definition) is 1. The van der Waals surface area contributed by atoms with Gasteiger partial charge in [-0.05, 0) is 30.7 Å². The lowest BCUT2D eigenvalue weighted by molar-refractivity contribution is -0.139. The second-order valence-electron chi connectivity index (χ2n) is 5.73. The molecule has 1 saturated heterocycles. The van der Waals surface area contributed by atoms with Gasteiger partial charge in [-0.3, -0.25) is 0 Å². The van der Waals surface area contributed by atoms with E-state index in [9.17, 15) is 21.6 Å². The standard InChI is InChI=1S/C16H16F3N3O2S/c17-16(18,19)13-5-1-2-6-14(13)25(23,24)21-12-8-10-22(11-12)15-7-3-4-9-20-15/h1-7,9,12,21H,8,10-11H2/t12-/m0/s1. The van der Waals surface area contributed by atoms with Crippen molar-refractivity contribution >= 4 is 15.8 Å². The molecule has 0 spiro atoms. The summed E-state index contributed by atoms with van der Waals surface area (Å²) in [6.45, 7) is 0.926. The first-order valence-electron chi connectivity index (χ1n) is 7.62. The van der Waals surface area contributed by atoms with Crippen LogP contribution < -0.4 is 9.62 Å². The third-order valence-corrected chi connectivity index (χ3v) is 5.54. The second-order valence-corrected chi connectivity index (χ2v) is 7.42. The Kier molecular flexibility index (Phi) is 4.70. The van der Waals surface area contributed by atoms with E-state index in [2.05, 4.69) is 9.71 Å². The summed E-state index contributed by atoms with van der Waals surface area (Å²) in [4.78, 5) is 5.34. The van der Waals surface area contributed by atoms with E-state index in [1.54, 1.807) is 18.3 Å². The zero-order valence-electron chi connectivity index (χ0n) is 13.1. The first kappa shape index (κ1) is 17.7. The summed E-state index contributed by atoms with van der Waals surface area (Å²) < 4.78 is 66.5. The van der Waals surface area contributed by atoms with Crippen LogP contribution >= 0.6 is 0 Å². The molecule has 1 aliphatic heterocycles. The van der Waals surface area contributed by atoms with Gasteiger partial charge in [0.1, 0.15) is 5.82 Å². The van der Waals surface area contributed by atoms with Crippen molar-refractivity contribution < 1.29 is 21.6 Å². The average Bonchev–Trinajstić information content (AvgIpc) is 3.03. The van der Waals surface area contributed by atoms with Crippen molar-refractivity contribution in [1.29, 1.82) is 0 Å². The highest BCUT2D eigenvalue weighted by molar-refractivity contribution is 7.89. The molecule has 25 heavy (non-hydrogen) atoms. The number of sulfonamides is 1. The van der Waals surface area contributed by atoms with Gasteiger partial charge in [-0.1, -0.05) is 18.2 Å². The largest absolute Gasteiger partial charge is 0.417 e. The van der Waals surface area contributed by atoms with E-state index >= 15 is 0 Å². The van der Waals surface area contributed by atoms with Crippen molar-refractivity contribution in [2.24, 2.45) is 0 Å². The molecule has 0 unspecified atom stereocenters. The van der Waals surface area contributed by atoms with Gasteiger partial charge in [-0.2, -0.15) is 13.2 Å². The molecule has 0 aliphatic carbocycles. The molecule has 1 aliphatic rings. The molecular weight excluding hydrogens is 355 g/mol. The Morgan fingerprint density at radius 1 is 1.12 bits per heavy atom. The molecule has 134 valence electrons. The van der Waals surface area contributed by atoms with E-state index in [-0.39, 0.29) is 0 Å². The average molecular weight is 371 g/mol. The smallest absolute Gasteiger partial charge is 0.355 e. The van der Waals surface area contributed by atoms with E-state index < -0.39 is 32.7 Å². The number of halogens is 3. The van der Waals surface area contributed by atoms with Crippen LogP contribution in [0.1, 0.15) is 12.0 Å². The van der Waals surface area contributed by atoms with Crippen molar-refractivity contribution in [3.63, 3.8) is 0 Å². The Hall–Kier alpha value is -2.13. The molecule has 0 radical (unpaired) electrons. The summed E-state index contributed by atoms with van der Waals surface area (Å²) in [5.41, 5.74) is -1.16. The molecule has 2 heterocycles. The number of benzene rings is 1. The quantitative estimate of drug-likeness (QED) is 0.898. The minimum atomic E-state index is -4.74. The maximum atomic E-state index is 13.1. The monoisotopic (exact) mass is 371 g/mol. The molecule has 1 aromatic heterocycles. The van der Waals surface area contributed by atoms with Gasteiger partial charge in [-0.15, -0.1) is 0 Å². The van der Waals surface area contributed by atoms with Gasteiger partial charge in [0.15, 0.2) is 0 Å². The number of hydrogen-bond acceptors (Lipinski definition) is 4. The van der Waals surface area contributed by atoms with Gasteiger partial charge in [0.2, 0.25) is 10.0 Å². The number of rotatable bonds is 4. The van der Waals surface area contributed by atoms with Crippen molar-refractivity contribution in [2.45, 2.75) is 23.5 Å². The van der Waals surface area contributed by atoms with Crippen LogP contribution in [0.4, 0.5) is 19.0 Å². The van der Waals surface area contributed by atoms with E-state index in [1.165, 1.54) is 12.1 Å². The van der Waals surface area contributed by atoms with Crippen LogP contribution in [0.25, 0.3) is 0 Å². The number of alkyl halides is 3. The summed E-state index contributed by atoms with van der Waals surface area (Å²) in [7, 11) is -4.28. The Balaban J connectivity index is 1.78. The molecule has 0 bridgehead atoms. The minimum Gasteiger partial charge on any atom is -0.355 e. The second kappa shape index (κ2) is 6.64. The van der Waals surface area contributed by atoms with Crippen LogP contribution in [0, 0.1) is 0 Å². The third kappa shape index (κ3) is 3.93. The number of nitrogens with zero attached hydrogens (tertiary/aromatic N) is 2. The lowest BCUT2D eigenvalue weighted by Gasteiger charge is -2.19. The zero-order valence-corrected chi connectivity index (χ0v) is 13.9. The molecular formula is C16H16F3N3O2S. The first-order valence-corrected chi connectivity index (χ1v) is 9.10. The molecule has 1 N–H and O–H groups in total. The Morgan fingerprint density at radius 2 is 1.84 bits per heavy atom. The third-order valence-electron chi connectivity index (χ3n) is 3.97. The summed E-state index contributed by atoms with van der Waals surface area (Å²) in [5.74, 6) is 0.708. The fourth-order valence-electron chi connectivity index (χ4n) is 2.82. The van der Waals surface area contributed by atoms with Gasteiger partial charge in [0.25, 0.3) is 0 Å². The lowest BCUT2D eigenvalue weighted by atomic mass is 10.2. The normalized spacial score (nSPS) is 18.5. The van der Waals surface area contributed by atoms with Crippen LogP contribution in [0.3, 0.4) is 0 Å². The number of pyridine rings is 1. The SMILES string of the molecule is O=S(=O)(N[C@H]1CCN(c2ccccn2)C1)c1ccccc1C(F)(F)F. The highest BCUT2D eigenvalue weighted by atomic mass is 32.2. The van der Waals surface area contributed by atoms with Gasteiger partial charge in [0.05, 0.1) is 10.5 Å². The van der Waals surface area contributed by atoms with Crippen molar-refractivity contribution in [3.8, 4) is 0 Å². The Bertz CT molecular complexity index is 841. The molecule has 0 amide bonds. The van der Waals surface area contributed by atoms with E-state index in [1.807, 2.05) is 11.0 Å². The fraction of sp³-hybridized carbons (Fsp3) is 0.312. The summed E-state index contributed by atoms with van der Waals surface area (Å²) in [6, 6.07) is 9.09. The summed E-state index contributed by atoms with van der Waals surface area (Å²) in [5, 5.41) is 0. The van der Waals surface area contributed by atoms with Crippen LogP contribution in [0.15, 0.2) is 53.6 Å². The molecule has 5 nitrogen and oxygen atoms in total. The van der Waals surface area contributed by atoms with Crippen LogP contribution in [-0.4, -0.2) is 32.5 Å². The highest BCUT2D eigenvalue weighted by Gasteiger charge is 2.38. The minimum absolute atomic E-state index is 0.352. The number of nitrogens with one attached hydrogen (secondary N) is 1.